The van der Waals surface area contributed by atoms with Crippen LogP contribution >= 0.6 is 0 Å². The summed E-state index contributed by atoms with van der Waals surface area (Å²) in [5.74, 6) is -1.05. The van der Waals surface area contributed by atoms with E-state index in [-0.39, 0.29) is 18.7 Å². The number of benzene rings is 1. The fraction of sp³-hybridized carbons (Fsp3) is 0.429. The van der Waals surface area contributed by atoms with Crippen molar-refractivity contribution >= 4 is 24.0 Å². The lowest BCUT2D eigenvalue weighted by Gasteiger charge is -2.39. The van der Waals surface area contributed by atoms with E-state index in [1.54, 1.807) is 40.2 Å². The normalized spacial score (nSPS) is 13.4. The Balaban J connectivity index is 1.81. The molecule has 0 saturated carbocycles. The van der Waals surface area contributed by atoms with Gasteiger partial charge in [0, 0.05) is 17.3 Å². The van der Waals surface area contributed by atoms with E-state index in [4.69, 9.17) is 9.07 Å². The number of hydrogen-bond donors (Lipinski definition) is 4. The number of imidazole rings is 1. The Labute approximate surface area is 175 Å². The number of aromatic nitrogens is 2. The number of carbonyl (C=O) groups excluding carboxylic acids is 1. The van der Waals surface area contributed by atoms with Gasteiger partial charge in [-0.05, 0) is 45.7 Å². The van der Waals surface area contributed by atoms with Gasteiger partial charge in [0.25, 0.3) is 0 Å². The maximum atomic E-state index is 12.6. The lowest BCUT2D eigenvalue weighted by Crippen LogP contribution is -2.57. The molecule has 0 aliphatic carbocycles. The van der Waals surface area contributed by atoms with Crippen molar-refractivity contribution in [3.63, 3.8) is 0 Å². The minimum Gasteiger partial charge on any atom is -0.464 e. The third-order valence-electron chi connectivity index (χ3n) is 5.49. The Morgan fingerprint density at radius 3 is 2.73 bits per heavy atom. The predicted octanol–water partition coefficient (Wildman–Crippen LogP) is 2.01. The predicted molar refractivity (Wildman–Crippen MR) is 114 cm³/mol. The van der Waals surface area contributed by atoms with Crippen LogP contribution in [0.2, 0.25) is 0 Å². The van der Waals surface area contributed by atoms with Gasteiger partial charge < -0.3 is 29.5 Å². The van der Waals surface area contributed by atoms with Crippen LogP contribution in [0.5, 0.6) is 0 Å². The number of carbonyl (C=O) groups is 1. The highest BCUT2D eigenvalue weighted by molar-refractivity contribution is 6.45. The second kappa shape index (κ2) is 8.63. The maximum Gasteiger partial charge on any atom is 0.479 e. The minimum absolute atomic E-state index is 0.0875. The average molecular weight is 413 g/mol. The van der Waals surface area contributed by atoms with E-state index >= 15 is 0 Å². The van der Waals surface area contributed by atoms with Gasteiger partial charge in [-0.3, -0.25) is 4.79 Å². The van der Waals surface area contributed by atoms with Crippen molar-refractivity contribution in [1.29, 1.82) is 0 Å². The standard InChI is InChI=1S/C21H28BN3O5/c1-20(2,27)21(3,4)30-22(28)18(25-19(26)10-15-11-23-13-24-15)9-14-12-29-17-8-6-5-7-16(14)17/h5-8,11-13,18,27-28H,9-10H2,1-4H3,(H,23,24)(H,25,26)/t18-/m0/s1. The Kier molecular flexibility index (Phi) is 6.35. The van der Waals surface area contributed by atoms with E-state index in [9.17, 15) is 14.9 Å². The van der Waals surface area contributed by atoms with Crippen molar-refractivity contribution in [2.75, 3.05) is 0 Å². The number of nitrogens with one attached hydrogen (secondary N) is 2. The molecule has 1 aromatic carbocycles. The molecule has 8 nitrogen and oxygen atoms in total. The number of fused-ring (bicyclic) bond motifs is 1. The van der Waals surface area contributed by atoms with Gasteiger partial charge in [0.2, 0.25) is 5.91 Å². The zero-order chi connectivity index (χ0) is 21.9. The first-order chi connectivity index (χ1) is 14.1. The van der Waals surface area contributed by atoms with Crippen LogP contribution in [0.3, 0.4) is 0 Å². The zero-order valence-corrected chi connectivity index (χ0v) is 17.7. The van der Waals surface area contributed by atoms with Crippen LogP contribution in [0.15, 0.2) is 47.5 Å². The smallest absolute Gasteiger partial charge is 0.464 e. The summed E-state index contributed by atoms with van der Waals surface area (Å²) in [6.45, 7) is 6.59. The molecule has 0 aliphatic rings. The Morgan fingerprint density at radius 2 is 2.07 bits per heavy atom. The van der Waals surface area contributed by atoms with Crippen molar-refractivity contribution in [3.05, 3.63) is 54.3 Å². The van der Waals surface area contributed by atoms with E-state index in [2.05, 4.69) is 15.3 Å². The Morgan fingerprint density at radius 1 is 1.33 bits per heavy atom. The molecule has 0 spiro atoms. The van der Waals surface area contributed by atoms with Crippen molar-refractivity contribution < 1.29 is 24.0 Å². The number of rotatable bonds is 9. The quantitative estimate of drug-likeness (QED) is 0.399. The summed E-state index contributed by atoms with van der Waals surface area (Å²) >= 11 is 0. The van der Waals surface area contributed by atoms with E-state index in [1.807, 2.05) is 24.3 Å². The first-order valence-corrected chi connectivity index (χ1v) is 9.87. The number of furan rings is 1. The first kappa shape index (κ1) is 22.1. The molecule has 9 heteroatoms. The molecule has 0 radical (unpaired) electrons. The second-order valence-corrected chi connectivity index (χ2v) is 8.47. The summed E-state index contributed by atoms with van der Waals surface area (Å²) in [6.07, 6.45) is 5.07. The van der Waals surface area contributed by atoms with Gasteiger partial charge in [-0.15, -0.1) is 0 Å². The number of para-hydroxylation sites is 1. The number of amides is 1. The van der Waals surface area contributed by atoms with E-state index in [0.29, 0.717) is 5.69 Å². The van der Waals surface area contributed by atoms with Gasteiger partial charge in [0.1, 0.15) is 5.58 Å². The van der Waals surface area contributed by atoms with Gasteiger partial charge in [0.05, 0.1) is 36.2 Å². The molecule has 0 bridgehead atoms. The molecule has 0 unspecified atom stereocenters. The summed E-state index contributed by atoms with van der Waals surface area (Å²) in [4.78, 5) is 19.4. The summed E-state index contributed by atoms with van der Waals surface area (Å²) < 4.78 is 11.4. The van der Waals surface area contributed by atoms with Gasteiger partial charge >= 0.3 is 7.12 Å². The summed E-state index contributed by atoms with van der Waals surface area (Å²) in [5, 5.41) is 25.0. The van der Waals surface area contributed by atoms with Crippen LogP contribution < -0.4 is 5.32 Å². The highest BCUT2D eigenvalue weighted by atomic mass is 16.5. The van der Waals surface area contributed by atoms with E-state index < -0.39 is 24.3 Å². The lowest BCUT2D eigenvalue weighted by atomic mass is 9.73. The highest BCUT2D eigenvalue weighted by Crippen LogP contribution is 2.27. The number of aromatic amines is 1. The molecule has 0 fully saturated rings. The molecule has 30 heavy (non-hydrogen) atoms. The molecule has 3 aromatic rings. The van der Waals surface area contributed by atoms with Crippen LogP contribution in [0.4, 0.5) is 0 Å². The highest BCUT2D eigenvalue weighted by Gasteiger charge is 2.42. The third-order valence-corrected chi connectivity index (χ3v) is 5.49. The summed E-state index contributed by atoms with van der Waals surface area (Å²) in [7, 11) is -1.36. The topological polar surface area (TPSA) is 121 Å². The van der Waals surface area contributed by atoms with Gasteiger partial charge in [-0.1, -0.05) is 18.2 Å². The van der Waals surface area contributed by atoms with Crippen molar-refractivity contribution in [2.24, 2.45) is 0 Å². The third kappa shape index (κ3) is 5.10. The lowest BCUT2D eigenvalue weighted by molar-refractivity contribution is -0.121. The molecule has 2 aromatic heterocycles. The monoisotopic (exact) mass is 413 g/mol. The van der Waals surface area contributed by atoms with Crippen LogP contribution in [0, 0.1) is 0 Å². The summed E-state index contributed by atoms with van der Waals surface area (Å²) in [5.41, 5.74) is -0.0476. The fourth-order valence-corrected chi connectivity index (χ4v) is 2.99. The molecule has 1 atom stereocenters. The average Bonchev–Trinajstić information content (AvgIpc) is 3.30. The number of hydrogen-bond acceptors (Lipinski definition) is 6. The van der Waals surface area contributed by atoms with Gasteiger partial charge in [-0.25, -0.2) is 4.98 Å². The largest absolute Gasteiger partial charge is 0.479 e. The molecular weight excluding hydrogens is 385 g/mol. The van der Waals surface area contributed by atoms with Crippen molar-refractivity contribution in [2.45, 2.75) is 57.7 Å². The Hall–Kier alpha value is -2.62. The van der Waals surface area contributed by atoms with Crippen molar-refractivity contribution in [3.8, 4) is 0 Å². The zero-order valence-electron chi connectivity index (χ0n) is 17.7. The fourth-order valence-electron chi connectivity index (χ4n) is 2.99. The van der Waals surface area contributed by atoms with Crippen molar-refractivity contribution in [1.82, 2.24) is 15.3 Å². The van der Waals surface area contributed by atoms with Gasteiger partial charge in [-0.2, -0.15) is 0 Å². The molecule has 4 N–H and O–H groups in total. The number of aliphatic hydroxyl groups is 1. The summed E-state index contributed by atoms with van der Waals surface area (Å²) in [6, 6.07) is 7.56. The molecule has 0 saturated heterocycles. The minimum atomic E-state index is -1.36. The van der Waals surface area contributed by atoms with Crippen LogP contribution in [-0.2, 0) is 22.3 Å². The van der Waals surface area contributed by atoms with Gasteiger partial charge in [0.15, 0.2) is 0 Å². The molecule has 2 heterocycles. The molecule has 1 amide bonds. The molecule has 3 rings (SSSR count). The van der Waals surface area contributed by atoms with E-state index in [0.717, 1.165) is 16.5 Å². The van der Waals surface area contributed by atoms with E-state index in [1.165, 1.54) is 6.33 Å². The Bertz CT molecular complexity index is 978. The second-order valence-electron chi connectivity index (χ2n) is 8.47. The first-order valence-electron chi connectivity index (χ1n) is 9.87. The van der Waals surface area contributed by atoms with Crippen LogP contribution in [-0.4, -0.2) is 50.3 Å². The number of H-pyrrole nitrogens is 1. The SMILES string of the molecule is CC(C)(O)C(C)(C)OB(O)[C@H](Cc1coc2ccccc12)NC(=O)Cc1cnc[nH]1. The maximum absolute atomic E-state index is 12.6. The molecule has 0 aliphatic heterocycles. The van der Waals surface area contributed by atoms with Crippen LogP contribution in [0.1, 0.15) is 39.0 Å². The number of nitrogens with zero attached hydrogens (tertiary/aromatic N) is 1. The molecule has 160 valence electrons. The molecular formula is C21H28BN3O5. The van der Waals surface area contributed by atoms with Crippen LogP contribution in [0.25, 0.3) is 11.0 Å².